The zero-order valence-corrected chi connectivity index (χ0v) is 32.1. The summed E-state index contributed by atoms with van der Waals surface area (Å²) >= 11 is 0. The number of aliphatic hydroxyl groups is 1. The van der Waals surface area contributed by atoms with E-state index in [1.165, 1.54) is 0 Å². The second-order valence-corrected chi connectivity index (χ2v) is 17.4. The van der Waals surface area contributed by atoms with Crippen molar-refractivity contribution in [2.45, 2.75) is 83.2 Å². The van der Waals surface area contributed by atoms with Crippen LogP contribution in [-0.4, -0.2) is 59.3 Å². The van der Waals surface area contributed by atoms with Crippen molar-refractivity contribution in [3.05, 3.63) is 119 Å². The molecular weight excluding hydrogens is 701 g/mol. The summed E-state index contributed by atoms with van der Waals surface area (Å²) in [7, 11) is -4.09. The van der Waals surface area contributed by atoms with Crippen molar-refractivity contribution >= 4 is 54.7 Å². The van der Waals surface area contributed by atoms with Gasteiger partial charge in [0, 0.05) is 53.4 Å². The molecule has 1 aliphatic carbocycles. The van der Waals surface area contributed by atoms with Crippen molar-refractivity contribution in [2.24, 2.45) is 0 Å². The van der Waals surface area contributed by atoms with Gasteiger partial charge in [0.2, 0.25) is 5.69 Å². The standard InChI is InChI=1S/C44H48N2O7S/c1-43(2)36(45(23-11-5-6-18-38(47)48)34-21-19-28-14-7-9-16-30(28)39(34)43)26-32-41(49)33(42(32)50)27-37-44(3,4)40-31-17-10-8-15-29(31)20-22-35(40)46(37)24-12-13-25-54(51,52)53/h7-10,14-17,19-22,26-27,41,50H,5-6,11-13,18,23-25H2,1-4H3,(H,47,48)(H,51,52,53)/p-1. The molecule has 0 spiro atoms. The fourth-order valence-corrected chi connectivity index (χ4v) is 9.40. The number of hydrogen-bond acceptors (Lipinski definition) is 7. The molecule has 10 heteroatoms. The predicted molar refractivity (Wildman–Crippen MR) is 210 cm³/mol. The molecule has 0 saturated heterocycles. The zero-order valence-electron chi connectivity index (χ0n) is 31.3. The average Bonchev–Trinajstić information content (AvgIpc) is 3.48. The highest BCUT2D eigenvalue weighted by atomic mass is 32.2. The van der Waals surface area contributed by atoms with E-state index in [1.54, 1.807) is 0 Å². The number of benzene rings is 4. The van der Waals surface area contributed by atoms with E-state index in [2.05, 4.69) is 85.7 Å². The van der Waals surface area contributed by atoms with Gasteiger partial charge in [-0.2, -0.15) is 13.0 Å². The van der Waals surface area contributed by atoms with Crippen LogP contribution in [0.2, 0.25) is 0 Å². The SMILES string of the molecule is CC1(C)C(=CC2=C(O)C(=CC3=[N+](CCCCCC(=O)[O-])c4ccc5ccccc5c4C3(C)C)C2[O-])N(CCCCS(=O)(=O)O)c2ccc3ccccc3c21. The lowest BCUT2D eigenvalue weighted by atomic mass is 9.75. The highest BCUT2D eigenvalue weighted by Crippen LogP contribution is 2.52. The van der Waals surface area contributed by atoms with Gasteiger partial charge in [-0.05, 0) is 102 Å². The maximum atomic E-state index is 14.2. The second kappa shape index (κ2) is 14.1. The number of aliphatic carboxylic acids is 1. The predicted octanol–water partition coefficient (Wildman–Crippen LogP) is 6.51. The number of hydrogen-bond donors (Lipinski definition) is 2. The van der Waals surface area contributed by atoms with Crippen molar-refractivity contribution < 1.29 is 37.7 Å². The van der Waals surface area contributed by atoms with Crippen molar-refractivity contribution in [3.63, 3.8) is 0 Å². The molecule has 2 heterocycles. The molecule has 7 rings (SSSR count). The summed E-state index contributed by atoms with van der Waals surface area (Å²) in [5.41, 5.74) is 5.58. The van der Waals surface area contributed by atoms with Crippen LogP contribution in [0.5, 0.6) is 0 Å². The number of carbonyl (C=O) groups excluding carboxylic acids is 1. The van der Waals surface area contributed by atoms with Gasteiger partial charge in [0.05, 0.1) is 11.2 Å². The number of rotatable bonds is 13. The Hall–Kier alpha value is -4.77. The van der Waals surface area contributed by atoms with E-state index in [0.717, 1.165) is 61.9 Å². The molecule has 9 nitrogen and oxygen atoms in total. The third-order valence-corrected chi connectivity index (χ3v) is 12.3. The molecule has 1 atom stereocenters. The summed E-state index contributed by atoms with van der Waals surface area (Å²) in [5, 5.41) is 41.4. The molecule has 0 bridgehead atoms. The number of allylic oxidation sites excluding steroid dienone is 2. The topological polar surface area (TPSA) is 144 Å². The Morgan fingerprint density at radius 2 is 1.48 bits per heavy atom. The smallest absolute Gasteiger partial charge is 0.264 e. The van der Waals surface area contributed by atoms with Gasteiger partial charge >= 0.3 is 0 Å². The van der Waals surface area contributed by atoms with Crippen LogP contribution in [0.15, 0.2) is 108 Å². The lowest BCUT2D eigenvalue weighted by Crippen LogP contribution is -2.41. The number of nitrogens with zero attached hydrogens (tertiary/aromatic N) is 2. The summed E-state index contributed by atoms with van der Waals surface area (Å²) < 4.78 is 34.5. The number of carboxylic acids is 1. The largest absolute Gasteiger partial charge is 0.845 e. The van der Waals surface area contributed by atoms with Crippen molar-refractivity contribution in [2.75, 3.05) is 23.7 Å². The molecule has 282 valence electrons. The number of unbranched alkanes of at least 4 members (excludes halogenated alkanes) is 3. The van der Waals surface area contributed by atoms with Crippen LogP contribution in [-0.2, 0) is 25.7 Å². The highest BCUT2D eigenvalue weighted by molar-refractivity contribution is 7.85. The summed E-state index contributed by atoms with van der Waals surface area (Å²) in [6.07, 6.45) is 5.14. The normalized spacial score (nSPS) is 20.3. The molecule has 2 N–H and O–H groups in total. The number of carboxylic acid groups (broad SMARTS) is 1. The summed E-state index contributed by atoms with van der Waals surface area (Å²) in [6, 6.07) is 24.7. The Balaban J connectivity index is 1.28. The maximum absolute atomic E-state index is 14.2. The first-order valence-corrected chi connectivity index (χ1v) is 20.4. The number of aliphatic hydroxyl groups excluding tert-OH is 1. The molecular formula is C44H47N2O7S-. The molecule has 2 aliphatic heterocycles. The maximum Gasteiger partial charge on any atom is 0.264 e. The molecule has 54 heavy (non-hydrogen) atoms. The molecule has 0 amide bonds. The van der Waals surface area contributed by atoms with Gasteiger partial charge in [-0.15, -0.1) is 0 Å². The summed E-state index contributed by atoms with van der Waals surface area (Å²) in [6.45, 7) is 9.60. The first kappa shape index (κ1) is 37.5. The van der Waals surface area contributed by atoms with Crippen LogP contribution in [0.3, 0.4) is 0 Å². The first-order valence-electron chi connectivity index (χ1n) is 18.8. The van der Waals surface area contributed by atoms with Gasteiger partial charge in [-0.1, -0.05) is 74.5 Å². The second-order valence-electron chi connectivity index (χ2n) is 15.8. The van der Waals surface area contributed by atoms with E-state index in [0.29, 0.717) is 43.5 Å². The van der Waals surface area contributed by atoms with Crippen LogP contribution < -0.4 is 15.1 Å². The van der Waals surface area contributed by atoms with Crippen LogP contribution >= 0.6 is 0 Å². The third kappa shape index (κ3) is 6.65. The van der Waals surface area contributed by atoms with E-state index >= 15 is 0 Å². The number of carbonyl (C=O) groups is 1. The Morgan fingerprint density at radius 1 is 0.833 bits per heavy atom. The van der Waals surface area contributed by atoms with Crippen molar-refractivity contribution in [3.8, 4) is 0 Å². The van der Waals surface area contributed by atoms with Gasteiger partial charge < -0.3 is 25.0 Å². The minimum absolute atomic E-state index is 0.0161. The Labute approximate surface area is 317 Å². The van der Waals surface area contributed by atoms with Crippen LogP contribution in [0, 0.1) is 0 Å². The highest BCUT2D eigenvalue weighted by Gasteiger charge is 2.47. The molecule has 4 aromatic rings. The quantitative estimate of drug-likeness (QED) is 0.0896. The van der Waals surface area contributed by atoms with Gasteiger partial charge in [-0.25, -0.2) is 0 Å². The molecule has 0 saturated carbocycles. The van der Waals surface area contributed by atoms with Crippen molar-refractivity contribution in [1.82, 2.24) is 0 Å². The minimum atomic E-state index is -4.09. The first-order chi connectivity index (χ1) is 25.6. The van der Waals surface area contributed by atoms with Gasteiger partial charge in [-0.3, -0.25) is 4.55 Å². The van der Waals surface area contributed by atoms with E-state index < -0.39 is 33.0 Å². The summed E-state index contributed by atoms with van der Waals surface area (Å²) in [4.78, 5) is 13.2. The molecule has 3 aliphatic rings. The lowest BCUT2D eigenvalue weighted by molar-refractivity contribution is -0.438. The van der Waals surface area contributed by atoms with Crippen molar-refractivity contribution in [1.29, 1.82) is 0 Å². The molecule has 0 radical (unpaired) electrons. The average molecular weight is 748 g/mol. The molecule has 0 fully saturated rings. The van der Waals surface area contributed by atoms with E-state index in [-0.39, 0.29) is 24.4 Å². The van der Waals surface area contributed by atoms with Gasteiger partial charge in [0.15, 0.2) is 5.71 Å². The van der Waals surface area contributed by atoms with Crippen LogP contribution in [0.4, 0.5) is 11.4 Å². The molecule has 4 aromatic carbocycles. The Morgan fingerprint density at radius 3 is 2.13 bits per heavy atom. The van der Waals surface area contributed by atoms with Crippen LogP contribution in [0.1, 0.15) is 77.3 Å². The summed E-state index contributed by atoms with van der Waals surface area (Å²) in [5.74, 6) is -1.42. The zero-order chi connectivity index (χ0) is 38.6. The fourth-order valence-electron chi connectivity index (χ4n) is 8.83. The van der Waals surface area contributed by atoms with Gasteiger partial charge in [0.25, 0.3) is 10.1 Å². The van der Waals surface area contributed by atoms with E-state index in [1.807, 2.05) is 36.4 Å². The van der Waals surface area contributed by atoms with Gasteiger partial charge in [0.1, 0.15) is 12.3 Å². The Bertz CT molecular complexity index is 2420. The lowest BCUT2D eigenvalue weighted by Gasteiger charge is -2.39. The number of fused-ring (bicyclic) bond motifs is 6. The van der Waals surface area contributed by atoms with E-state index in [4.69, 9.17) is 0 Å². The fraction of sp³-hybridized carbons (Fsp3) is 0.364. The monoisotopic (exact) mass is 747 g/mol. The molecule has 1 unspecified atom stereocenters. The van der Waals surface area contributed by atoms with Crippen LogP contribution in [0.25, 0.3) is 21.5 Å². The molecule has 0 aromatic heterocycles. The third-order valence-electron chi connectivity index (χ3n) is 11.5. The Kier molecular flexibility index (Phi) is 9.83. The minimum Gasteiger partial charge on any atom is -0.845 e. The number of anilines is 1. The van der Waals surface area contributed by atoms with E-state index in [9.17, 15) is 33.1 Å².